The van der Waals surface area contributed by atoms with Gasteiger partial charge in [-0.05, 0) is 31.2 Å². The molecule has 0 saturated carbocycles. The highest BCUT2D eigenvalue weighted by Crippen LogP contribution is 2.17. The van der Waals surface area contributed by atoms with Crippen LogP contribution in [-0.2, 0) is 12.8 Å². The molecule has 0 aliphatic rings. The summed E-state index contributed by atoms with van der Waals surface area (Å²) in [4.78, 5) is 5.75. The summed E-state index contributed by atoms with van der Waals surface area (Å²) in [6, 6.07) is 4.84. The highest BCUT2D eigenvalue weighted by Gasteiger charge is 2.08. The summed E-state index contributed by atoms with van der Waals surface area (Å²) >= 11 is 1.79. The maximum atomic E-state index is 5.41. The van der Waals surface area contributed by atoms with E-state index in [1.807, 2.05) is 14.0 Å². The lowest BCUT2D eigenvalue weighted by molar-refractivity contribution is 0.540. The molecule has 1 N–H and O–H groups in total. The SMILES string of the molecule is CNc1nc(CCc2cccs2)c(C)o1. The van der Waals surface area contributed by atoms with E-state index in [9.17, 15) is 0 Å². The Morgan fingerprint density at radius 1 is 1.47 bits per heavy atom. The van der Waals surface area contributed by atoms with Crippen molar-refractivity contribution in [2.24, 2.45) is 0 Å². The average molecular weight is 222 g/mol. The maximum Gasteiger partial charge on any atom is 0.294 e. The summed E-state index contributed by atoms with van der Waals surface area (Å²) < 4.78 is 5.41. The van der Waals surface area contributed by atoms with Crippen molar-refractivity contribution in [3.8, 4) is 0 Å². The summed E-state index contributed by atoms with van der Waals surface area (Å²) in [6.45, 7) is 1.96. The van der Waals surface area contributed by atoms with Gasteiger partial charge in [0.15, 0.2) is 0 Å². The fraction of sp³-hybridized carbons (Fsp3) is 0.364. The molecule has 0 aromatic carbocycles. The first kappa shape index (κ1) is 10.2. The van der Waals surface area contributed by atoms with E-state index in [1.54, 1.807) is 11.3 Å². The van der Waals surface area contributed by atoms with Crippen molar-refractivity contribution in [1.29, 1.82) is 0 Å². The molecule has 4 heteroatoms. The molecule has 0 saturated heterocycles. The molecule has 0 amide bonds. The van der Waals surface area contributed by atoms with Gasteiger partial charge in [0.25, 0.3) is 6.01 Å². The fourth-order valence-electron chi connectivity index (χ4n) is 1.46. The molecule has 0 unspecified atom stereocenters. The third-order valence-electron chi connectivity index (χ3n) is 2.29. The minimum atomic E-state index is 0.605. The molecular weight excluding hydrogens is 208 g/mol. The van der Waals surface area contributed by atoms with Crippen LogP contribution < -0.4 is 5.32 Å². The van der Waals surface area contributed by atoms with Gasteiger partial charge in [-0.25, -0.2) is 0 Å². The van der Waals surface area contributed by atoms with Crippen LogP contribution in [0.25, 0.3) is 0 Å². The highest BCUT2D eigenvalue weighted by molar-refractivity contribution is 7.09. The molecule has 0 radical (unpaired) electrons. The van der Waals surface area contributed by atoms with Gasteiger partial charge in [0.05, 0.1) is 5.69 Å². The molecule has 0 fully saturated rings. The predicted octanol–water partition coefficient (Wildman–Crippen LogP) is 2.87. The largest absolute Gasteiger partial charge is 0.429 e. The number of nitrogens with zero attached hydrogens (tertiary/aromatic N) is 1. The van der Waals surface area contributed by atoms with Crippen LogP contribution >= 0.6 is 11.3 Å². The first-order valence-corrected chi connectivity index (χ1v) is 5.84. The van der Waals surface area contributed by atoms with Crippen LogP contribution in [0.4, 0.5) is 6.01 Å². The summed E-state index contributed by atoms with van der Waals surface area (Å²) in [5.74, 6) is 0.913. The van der Waals surface area contributed by atoms with Gasteiger partial charge >= 0.3 is 0 Å². The molecular formula is C11H14N2OS. The van der Waals surface area contributed by atoms with Crippen molar-refractivity contribution >= 4 is 17.4 Å². The molecule has 15 heavy (non-hydrogen) atoms. The number of nitrogens with one attached hydrogen (secondary N) is 1. The lowest BCUT2D eigenvalue weighted by Crippen LogP contribution is -1.92. The Labute approximate surface area is 93.2 Å². The number of aryl methyl sites for hydroxylation is 3. The van der Waals surface area contributed by atoms with Gasteiger partial charge in [-0.15, -0.1) is 11.3 Å². The third kappa shape index (κ3) is 2.39. The quantitative estimate of drug-likeness (QED) is 0.864. The first-order valence-electron chi connectivity index (χ1n) is 4.96. The number of aromatic nitrogens is 1. The zero-order chi connectivity index (χ0) is 10.7. The molecule has 0 aliphatic carbocycles. The molecule has 2 aromatic rings. The Kier molecular flexibility index (Phi) is 3.06. The highest BCUT2D eigenvalue weighted by atomic mass is 32.1. The Balaban J connectivity index is 2.01. The van der Waals surface area contributed by atoms with Crippen molar-refractivity contribution in [1.82, 2.24) is 4.98 Å². The van der Waals surface area contributed by atoms with Crippen molar-refractivity contribution < 1.29 is 4.42 Å². The maximum absolute atomic E-state index is 5.41. The number of oxazole rings is 1. The number of hydrogen-bond donors (Lipinski definition) is 1. The second-order valence-corrected chi connectivity index (χ2v) is 4.38. The molecule has 0 bridgehead atoms. The van der Waals surface area contributed by atoms with Gasteiger partial charge in [-0.3, -0.25) is 0 Å². The summed E-state index contributed by atoms with van der Waals surface area (Å²) in [7, 11) is 1.81. The minimum Gasteiger partial charge on any atom is -0.429 e. The smallest absolute Gasteiger partial charge is 0.294 e. The van der Waals surface area contributed by atoms with Crippen LogP contribution in [0.2, 0.25) is 0 Å². The standard InChI is InChI=1S/C11H14N2OS/c1-8-10(13-11(12-2)14-8)6-5-9-4-3-7-15-9/h3-4,7H,5-6H2,1-2H3,(H,12,13). The van der Waals surface area contributed by atoms with E-state index in [-0.39, 0.29) is 0 Å². The molecule has 2 heterocycles. The first-order chi connectivity index (χ1) is 7.29. The monoisotopic (exact) mass is 222 g/mol. The van der Waals surface area contributed by atoms with E-state index in [4.69, 9.17) is 4.42 Å². The predicted molar refractivity (Wildman–Crippen MR) is 62.5 cm³/mol. The van der Waals surface area contributed by atoms with Crippen LogP contribution in [0, 0.1) is 6.92 Å². The Hall–Kier alpha value is -1.29. The van der Waals surface area contributed by atoms with Crippen LogP contribution in [0.3, 0.4) is 0 Å². The van der Waals surface area contributed by atoms with Gasteiger partial charge in [-0.2, -0.15) is 4.98 Å². The van der Waals surface area contributed by atoms with Crippen LogP contribution in [-0.4, -0.2) is 12.0 Å². The molecule has 0 atom stereocenters. The molecule has 2 rings (SSSR count). The second-order valence-electron chi connectivity index (χ2n) is 3.35. The van der Waals surface area contributed by atoms with Crippen LogP contribution in [0.1, 0.15) is 16.3 Å². The lowest BCUT2D eigenvalue weighted by atomic mass is 10.2. The van der Waals surface area contributed by atoms with E-state index in [1.165, 1.54) is 4.88 Å². The topological polar surface area (TPSA) is 38.1 Å². The lowest BCUT2D eigenvalue weighted by Gasteiger charge is -1.94. The van der Waals surface area contributed by atoms with E-state index in [0.29, 0.717) is 6.01 Å². The Morgan fingerprint density at radius 3 is 2.93 bits per heavy atom. The van der Waals surface area contributed by atoms with Gasteiger partial charge in [0, 0.05) is 11.9 Å². The van der Waals surface area contributed by atoms with E-state index in [2.05, 4.69) is 27.8 Å². The van der Waals surface area contributed by atoms with E-state index < -0.39 is 0 Å². The van der Waals surface area contributed by atoms with Crippen molar-refractivity contribution in [2.45, 2.75) is 19.8 Å². The minimum absolute atomic E-state index is 0.605. The van der Waals surface area contributed by atoms with Crippen LogP contribution in [0.5, 0.6) is 0 Å². The van der Waals surface area contributed by atoms with Crippen LogP contribution in [0.15, 0.2) is 21.9 Å². The molecule has 0 aliphatic heterocycles. The number of thiophene rings is 1. The Morgan fingerprint density at radius 2 is 2.33 bits per heavy atom. The Bertz CT molecular complexity index is 420. The van der Waals surface area contributed by atoms with Gasteiger partial charge in [0.2, 0.25) is 0 Å². The van der Waals surface area contributed by atoms with E-state index >= 15 is 0 Å². The molecule has 3 nitrogen and oxygen atoms in total. The van der Waals surface area contributed by atoms with Gasteiger partial charge in [0.1, 0.15) is 5.76 Å². The summed E-state index contributed by atoms with van der Waals surface area (Å²) in [6.07, 6.45) is 1.98. The van der Waals surface area contributed by atoms with Crippen molar-refractivity contribution in [3.63, 3.8) is 0 Å². The van der Waals surface area contributed by atoms with Crippen molar-refractivity contribution in [2.75, 3.05) is 12.4 Å². The zero-order valence-corrected chi connectivity index (χ0v) is 9.73. The fourth-order valence-corrected chi connectivity index (χ4v) is 2.17. The summed E-state index contributed by atoms with van der Waals surface area (Å²) in [5.41, 5.74) is 1.05. The second kappa shape index (κ2) is 4.49. The number of hydrogen-bond acceptors (Lipinski definition) is 4. The molecule has 0 spiro atoms. The number of rotatable bonds is 4. The molecule has 2 aromatic heterocycles. The summed E-state index contributed by atoms with van der Waals surface area (Å²) in [5, 5.41) is 5.01. The third-order valence-corrected chi connectivity index (χ3v) is 3.23. The van der Waals surface area contributed by atoms with Crippen molar-refractivity contribution in [3.05, 3.63) is 33.8 Å². The van der Waals surface area contributed by atoms with E-state index in [0.717, 1.165) is 24.3 Å². The zero-order valence-electron chi connectivity index (χ0n) is 8.91. The molecule has 80 valence electrons. The normalized spacial score (nSPS) is 10.5. The number of anilines is 1. The van der Waals surface area contributed by atoms with Gasteiger partial charge in [-0.1, -0.05) is 6.07 Å². The average Bonchev–Trinajstić information content (AvgIpc) is 2.84. The van der Waals surface area contributed by atoms with Gasteiger partial charge < -0.3 is 9.73 Å².